The first-order valence-electron chi connectivity index (χ1n) is 5.43. The fourth-order valence-electron chi connectivity index (χ4n) is 1.27. The molecule has 0 aliphatic carbocycles. The molecule has 2 rings (SSSR count). The van der Waals surface area contributed by atoms with Crippen LogP contribution in [0.25, 0.3) is 12.2 Å². The Morgan fingerprint density at radius 1 is 0.778 bits per heavy atom. The molecule has 2 heteroatoms. The second kappa shape index (κ2) is 8.06. The Hall–Kier alpha value is -1.12. The molecule has 0 heterocycles. The molecular formula is C16H14Br2. The molecule has 0 N–H and O–H groups in total. The molecular weight excluding hydrogens is 352 g/mol. The molecule has 0 aliphatic rings. The van der Waals surface area contributed by atoms with Crippen molar-refractivity contribution in [3.8, 4) is 0 Å². The van der Waals surface area contributed by atoms with E-state index in [1.165, 1.54) is 5.56 Å². The van der Waals surface area contributed by atoms with E-state index < -0.39 is 0 Å². The van der Waals surface area contributed by atoms with Crippen LogP contribution in [0.1, 0.15) is 11.1 Å². The maximum atomic E-state index is 3.68. The van der Waals surface area contributed by atoms with Gasteiger partial charge in [-0.2, -0.15) is 0 Å². The smallest absolute Gasteiger partial charge is 0.0389 e. The summed E-state index contributed by atoms with van der Waals surface area (Å²) in [5.41, 5.74) is 2.28. The third-order valence-electron chi connectivity index (χ3n) is 2.24. The lowest BCUT2D eigenvalue weighted by atomic mass is 10.2. The first-order valence-corrected chi connectivity index (χ1v) is 7.01. The van der Waals surface area contributed by atoms with Crippen LogP contribution in [-0.2, 0) is 0 Å². The van der Waals surface area contributed by atoms with Gasteiger partial charge >= 0.3 is 0 Å². The van der Waals surface area contributed by atoms with Gasteiger partial charge in [0.25, 0.3) is 0 Å². The molecule has 0 bridgehead atoms. The summed E-state index contributed by atoms with van der Waals surface area (Å²) in [7, 11) is 0. The monoisotopic (exact) mass is 364 g/mol. The summed E-state index contributed by atoms with van der Waals surface area (Å²) in [4.78, 5) is 0. The van der Waals surface area contributed by atoms with Crippen LogP contribution in [0.4, 0.5) is 0 Å². The van der Waals surface area contributed by atoms with Crippen molar-refractivity contribution in [2.75, 3.05) is 0 Å². The van der Waals surface area contributed by atoms with Crippen LogP contribution in [0.3, 0.4) is 0 Å². The van der Waals surface area contributed by atoms with Gasteiger partial charge in [-0.05, 0) is 49.1 Å². The summed E-state index contributed by atoms with van der Waals surface area (Å²) in [5.74, 6) is 0. The van der Waals surface area contributed by atoms with Crippen LogP contribution in [0.5, 0.6) is 0 Å². The standard InChI is InChI=1S/C8H6Br2.C8H8/c1-2-6-4-3-5-7(9)8(6)10;1-2-8-6-4-3-5-7-8/h2-5H,1H2;2-7H,1H2. The SMILES string of the molecule is C=Cc1cccc(Br)c1Br.C=Cc1ccccc1. The molecule has 92 valence electrons. The van der Waals surface area contributed by atoms with Crippen LogP contribution < -0.4 is 0 Å². The molecule has 0 saturated carbocycles. The average molecular weight is 366 g/mol. The highest BCUT2D eigenvalue weighted by molar-refractivity contribution is 9.13. The van der Waals surface area contributed by atoms with Gasteiger partial charge in [0.05, 0.1) is 0 Å². The lowest BCUT2D eigenvalue weighted by Gasteiger charge is -1.98. The molecule has 0 unspecified atom stereocenters. The van der Waals surface area contributed by atoms with E-state index in [2.05, 4.69) is 45.0 Å². The van der Waals surface area contributed by atoms with E-state index in [1.54, 1.807) is 0 Å². The van der Waals surface area contributed by atoms with E-state index in [4.69, 9.17) is 0 Å². The lowest BCUT2D eigenvalue weighted by Crippen LogP contribution is -1.74. The van der Waals surface area contributed by atoms with E-state index in [1.807, 2.05) is 60.7 Å². The summed E-state index contributed by atoms with van der Waals surface area (Å²) in [6, 6.07) is 16.0. The first kappa shape index (κ1) is 14.9. The zero-order valence-corrected chi connectivity index (χ0v) is 13.1. The topological polar surface area (TPSA) is 0 Å². The predicted octanol–water partition coefficient (Wildman–Crippen LogP) is 6.18. The number of hydrogen-bond donors (Lipinski definition) is 0. The Bertz CT molecular complexity index is 516. The van der Waals surface area contributed by atoms with Crippen molar-refractivity contribution < 1.29 is 0 Å². The number of halogens is 2. The Morgan fingerprint density at radius 2 is 1.44 bits per heavy atom. The maximum absolute atomic E-state index is 3.68. The third-order valence-corrected chi connectivity index (χ3v) is 4.31. The van der Waals surface area contributed by atoms with Crippen LogP contribution in [0.15, 0.2) is 70.6 Å². The van der Waals surface area contributed by atoms with Crippen molar-refractivity contribution in [3.63, 3.8) is 0 Å². The Kier molecular flexibility index (Phi) is 6.69. The molecule has 0 saturated heterocycles. The van der Waals surface area contributed by atoms with E-state index in [-0.39, 0.29) is 0 Å². The number of hydrogen-bond acceptors (Lipinski definition) is 0. The molecule has 0 fully saturated rings. The van der Waals surface area contributed by atoms with E-state index in [9.17, 15) is 0 Å². The minimum atomic E-state index is 1.06. The van der Waals surface area contributed by atoms with Crippen LogP contribution >= 0.6 is 31.9 Å². The predicted molar refractivity (Wildman–Crippen MR) is 88.5 cm³/mol. The average Bonchev–Trinajstić information content (AvgIpc) is 2.43. The largest absolute Gasteiger partial charge is 0.0985 e. The highest BCUT2D eigenvalue weighted by Gasteiger charge is 1.97. The van der Waals surface area contributed by atoms with Crippen molar-refractivity contribution in [1.29, 1.82) is 0 Å². The molecule has 0 radical (unpaired) electrons. The van der Waals surface area contributed by atoms with Gasteiger partial charge < -0.3 is 0 Å². The van der Waals surface area contributed by atoms with Crippen molar-refractivity contribution in [3.05, 3.63) is 81.8 Å². The van der Waals surface area contributed by atoms with Crippen LogP contribution in [0, 0.1) is 0 Å². The maximum Gasteiger partial charge on any atom is 0.0389 e. The van der Waals surface area contributed by atoms with Gasteiger partial charge in [-0.25, -0.2) is 0 Å². The number of rotatable bonds is 2. The zero-order valence-electron chi connectivity index (χ0n) is 9.94. The molecule has 18 heavy (non-hydrogen) atoms. The minimum absolute atomic E-state index is 1.06. The van der Waals surface area contributed by atoms with Gasteiger partial charge in [0.15, 0.2) is 0 Å². The molecule has 2 aromatic rings. The van der Waals surface area contributed by atoms with Gasteiger partial charge in [0.2, 0.25) is 0 Å². The van der Waals surface area contributed by atoms with E-state index in [0.717, 1.165) is 14.5 Å². The number of benzene rings is 2. The van der Waals surface area contributed by atoms with E-state index >= 15 is 0 Å². The zero-order chi connectivity index (χ0) is 13.4. The van der Waals surface area contributed by atoms with Crippen molar-refractivity contribution in [1.82, 2.24) is 0 Å². The molecule has 0 nitrogen and oxygen atoms in total. The normalized spacial score (nSPS) is 9.00. The summed E-state index contributed by atoms with van der Waals surface area (Å²) < 4.78 is 2.12. The fraction of sp³-hybridized carbons (Fsp3) is 0. The molecule has 0 aromatic heterocycles. The van der Waals surface area contributed by atoms with Gasteiger partial charge in [0, 0.05) is 8.95 Å². The highest BCUT2D eigenvalue weighted by atomic mass is 79.9. The molecule has 0 amide bonds. The van der Waals surface area contributed by atoms with Crippen LogP contribution in [0.2, 0.25) is 0 Å². The second-order valence-corrected chi connectivity index (χ2v) is 5.11. The Morgan fingerprint density at radius 3 is 1.89 bits per heavy atom. The second-order valence-electron chi connectivity index (χ2n) is 3.46. The van der Waals surface area contributed by atoms with Gasteiger partial charge in [0.1, 0.15) is 0 Å². The summed E-state index contributed by atoms with van der Waals surface area (Å²) in [5, 5.41) is 0. The van der Waals surface area contributed by atoms with Gasteiger partial charge in [-0.1, -0.05) is 67.8 Å². The minimum Gasteiger partial charge on any atom is -0.0985 e. The Balaban J connectivity index is 0.000000184. The van der Waals surface area contributed by atoms with Crippen molar-refractivity contribution >= 4 is 44.0 Å². The molecule has 0 spiro atoms. The van der Waals surface area contributed by atoms with Crippen molar-refractivity contribution in [2.45, 2.75) is 0 Å². The van der Waals surface area contributed by atoms with Gasteiger partial charge in [-0.15, -0.1) is 0 Å². The highest BCUT2D eigenvalue weighted by Crippen LogP contribution is 2.26. The fourth-order valence-corrected chi connectivity index (χ4v) is 2.07. The quantitative estimate of drug-likeness (QED) is 0.595. The summed E-state index contributed by atoms with van der Waals surface area (Å²) in [6.45, 7) is 7.31. The lowest BCUT2D eigenvalue weighted by molar-refractivity contribution is 1.55. The molecule has 0 atom stereocenters. The Labute approximate surface area is 125 Å². The first-order chi connectivity index (χ1) is 8.69. The van der Waals surface area contributed by atoms with Gasteiger partial charge in [-0.3, -0.25) is 0 Å². The van der Waals surface area contributed by atoms with E-state index in [0.29, 0.717) is 0 Å². The summed E-state index contributed by atoms with van der Waals surface area (Å²) >= 11 is 6.81. The van der Waals surface area contributed by atoms with Crippen molar-refractivity contribution in [2.24, 2.45) is 0 Å². The molecule has 2 aromatic carbocycles. The molecule has 0 aliphatic heterocycles. The summed E-state index contributed by atoms with van der Waals surface area (Å²) in [6.07, 6.45) is 3.65. The van der Waals surface area contributed by atoms with Crippen LogP contribution in [-0.4, -0.2) is 0 Å². The third kappa shape index (κ3) is 4.63.